The van der Waals surface area contributed by atoms with E-state index in [-0.39, 0.29) is 0 Å². The Morgan fingerprint density at radius 1 is 1.35 bits per heavy atom. The first kappa shape index (κ1) is 16.4. The lowest BCUT2D eigenvalue weighted by Gasteiger charge is -2.26. The molecule has 0 aliphatic heterocycles. The van der Waals surface area contributed by atoms with E-state index in [0.29, 0.717) is 25.4 Å². The van der Waals surface area contributed by atoms with Crippen molar-refractivity contribution in [3.05, 3.63) is 0 Å². The largest absolute Gasteiger partial charge is 0.479 e. The number of aliphatic carboxylic acids is 1. The zero-order valence-electron chi connectivity index (χ0n) is 11.5. The van der Waals surface area contributed by atoms with E-state index < -0.39 is 11.6 Å². The second kappa shape index (κ2) is 8.48. The number of carbonyl (C=O) groups is 1. The second-order valence-corrected chi connectivity index (χ2v) is 4.84. The lowest BCUT2D eigenvalue weighted by atomic mass is 9.94. The van der Waals surface area contributed by atoms with E-state index >= 15 is 0 Å². The van der Waals surface area contributed by atoms with Gasteiger partial charge in [0.2, 0.25) is 0 Å². The summed E-state index contributed by atoms with van der Waals surface area (Å²) in [6, 6.07) is 0. The Bertz CT molecular complexity index is 215. The molecule has 0 aromatic heterocycles. The van der Waals surface area contributed by atoms with Crippen LogP contribution in [0.15, 0.2) is 0 Å². The predicted octanol–water partition coefficient (Wildman–Crippen LogP) is 3.40. The van der Waals surface area contributed by atoms with Crippen LogP contribution in [-0.4, -0.2) is 23.3 Å². The lowest BCUT2D eigenvalue weighted by Crippen LogP contribution is -2.41. The molecule has 0 aliphatic rings. The molecule has 0 aromatic rings. The van der Waals surface area contributed by atoms with Crippen LogP contribution < -0.4 is 0 Å². The first-order valence-electron chi connectivity index (χ1n) is 6.52. The van der Waals surface area contributed by atoms with Gasteiger partial charge in [-0.1, -0.05) is 40.5 Å². The normalized spacial score (nSPS) is 14.9. The number of rotatable bonds is 10. The maximum atomic E-state index is 11.3. The van der Waals surface area contributed by atoms with Crippen molar-refractivity contribution in [3.8, 4) is 0 Å². The van der Waals surface area contributed by atoms with Crippen molar-refractivity contribution in [2.24, 2.45) is 5.92 Å². The summed E-state index contributed by atoms with van der Waals surface area (Å²) in [6.45, 7) is 8.46. The number of carboxylic acids is 1. The highest BCUT2D eigenvalue weighted by molar-refractivity contribution is 5.77. The quantitative estimate of drug-likeness (QED) is 0.364. The Kier molecular flexibility index (Phi) is 8.17. The molecule has 0 saturated carbocycles. The maximum Gasteiger partial charge on any atom is 0.339 e. The highest BCUT2D eigenvalue weighted by atomic mass is 17.2. The van der Waals surface area contributed by atoms with Crippen LogP contribution in [0.3, 0.4) is 0 Å². The van der Waals surface area contributed by atoms with Gasteiger partial charge in [0.05, 0.1) is 6.61 Å². The molecule has 0 radical (unpaired) electrons. The van der Waals surface area contributed by atoms with E-state index in [4.69, 9.17) is 9.78 Å². The van der Waals surface area contributed by atoms with Crippen molar-refractivity contribution in [3.63, 3.8) is 0 Å². The number of carboxylic acid groups (broad SMARTS) is 1. The number of unbranched alkanes of at least 4 members (excludes halogenated alkanes) is 1. The van der Waals surface area contributed by atoms with Gasteiger partial charge in [0, 0.05) is 0 Å². The van der Waals surface area contributed by atoms with Gasteiger partial charge >= 0.3 is 5.97 Å². The van der Waals surface area contributed by atoms with E-state index in [2.05, 4.69) is 13.8 Å². The predicted molar refractivity (Wildman–Crippen MR) is 66.7 cm³/mol. The maximum absolute atomic E-state index is 11.3. The van der Waals surface area contributed by atoms with E-state index in [0.717, 1.165) is 19.3 Å². The monoisotopic (exact) mass is 246 g/mol. The summed E-state index contributed by atoms with van der Waals surface area (Å²) < 4.78 is 0. The standard InChI is InChI=1S/C13H26O4/c1-5-7-9-13(6-2,12(14)15)17-16-10-8-11(3)4/h11H,5-10H2,1-4H3,(H,14,15). The smallest absolute Gasteiger partial charge is 0.339 e. The summed E-state index contributed by atoms with van der Waals surface area (Å²) in [7, 11) is 0. The topological polar surface area (TPSA) is 55.8 Å². The minimum absolute atomic E-state index is 0.421. The third-order valence-corrected chi connectivity index (χ3v) is 2.89. The molecule has 0 saturated heterocycles. The Labute approximate surface area is 104 Å². The Morgan fingerprint density at radius 3 is 2.41 bits per heavy atom. The molecule has 0 aromatic carbocycles. The molecular weight excluding hydrogens is 220 g/mol. The molecule has 0 spiro atoms. The van der Waals surface area contributed by atoms with Crippen LogP contribution in [0.5, 0.6) is 0 Å². The molecule has 0 bridgehead atoms. The molecule has 1 atom stereocenters. The van der Waals surface area contributed by atoms with Gasteiger partial charge in [0.25, 0.3) is 0 Å². The van der Waals surface area contributed by atoms with Crippen LogP contribution in [0.2, 0.25) is 0 Å². The summed E-state index contributed by atoms with van der Waals surface area (Å²) >= 11 is 0. The average Bonchev–Trinajstić information content (AvgIpc) is 2.28. The fourth-order valence-corrected chi connectivity index (χ4v) is 1.47. The van der Waals surface area contributed by atoms with Gasteiger partial charge in [-0.2, -0.15) is 0 Å². The molecule has 4 nitrogen and oxygen atoms in total. The van der Waals surface area contributed by atoms with Crippen molar-refractivity contribution >= 4 is 5.97 Å². The van der Waals surface area contributed by atoms with Crippen molar-refractivity contribution in [2.75, 3.05) is 6.61 Å². The van der Waals surface area contributed by atoms with Gasteiger partial charge in [-0.25, -0.2) is 14.6 Å². The van der Waals surface area contributed by atoms with Crippen molar-refractivity contribution in [1.29, 1.82) is 0 Å². The number of hydrogen-bond donors (Lipinski definition) is 1. The molecule has 1 N–H and O–H groups in total. The summed E-state index contributed by atoms with van der Waals surface area (Å²) in [6.07, 6.45) is 3.56. The Balaban J connectivity index is 4.22. The van der Waals surface area contributed by atoms with Crippen LogP contribution in [-0.2, 0) is 14.6 Å². The number of hydrogen-bond acceptors (Lipinski definition) is 3. The van der Waals surface area contributed by atoms with Crippen LogP contribution in [0.4, 0.5) is 0 Å². The first-order chi connectivity index (χ1) is 7.98. The zero-order chi connectivity index (χ0) is 13.3. The summed E-state index contributed by atoms with van der Waals surface area (Å²) in [4.78, 5) is 21.6. The summed E-state index contributed by atoms with van der Waals surface area (Å²) in [5.74, 6) is -0.409. The summed E-state index contributed by atoms with van der Waals surface area (Å²) in [5, 5.41) is 9.25. The third kappa shape index (κ3) is 6.03. The molecule has 0 rings (SSSR count). The van der Waals surface area contributed by atoms with Gasteiger partial charge in [0.1, 0.15) is 0 Å². The van der Waals surface area contributed by atoms with Crippen LogP contribution in [0.25, 0.3) is 0 Å². The van der Waals surface area contributed by atoms with Crippen molar-refractivity contribution in [1.82, 2.24) is 0 Å². The lowest BCUT2D eigenvalue weighted by molar-refractivity contribution is -0.357. The Morgan fingerprint density at radius 2 is 2.00 bits per heavy atom. The minimum Gasteiger partial charge on any atom is -0.479 e. The fourth-order valence-electron chi connectivity index (χ4n) is 1.47. The van der Waals surface area contributed by atoms with Gasteiger partial charge in [0.15, 0.2) is 5.60 Å². The molecule has 102 valence electrons. The van der Waals surface area contributed by atoms with Crippen molar-refractivity contribution < 1.29 is 19.7 Å². The van der Waals surface area contributed by atoms with Crippen molar-refractivity contribution in [2.45, 2.75) is 65.4 Å². The van der Waals surface area contributed by atoms with E-state index in [1.165, 1.54) is 0 Å². The van der Waals surface area contributed by atoms with Gasteiger partial charge in [-0.3, -0.25) is 0 Å². The fraction of sp³-hybridized carbons (Fsp3) is 0.923. The third-order valence-electron chi connectivity index (χ3n) is 2.89. The van der Waals surface area contributed by atoms with Gasteiger partial charge in [-0.05, 0) is 25.2 Å². The van der Waals surface area contributed by atoms with Crippen LogP contribution in [0, 0.1) is 5.92 Å². The highest BCUT2D eigenvalue weighted by Gasteiger charge is 2.39. The minimum atomic E-state index is -1.17. The zero-order valence-corrected chi connectivity index (χ0v) is 11.5. The molecule has 4 heteroatoms. The van der Waals surface area contributed by atoms with Crippen LogP contribution >= 0.6 is 0 Å². The molecule has 0 fully saturated rings. The van der Waals surface area contributed by atoms with Gasteiger partial charge in [-0.15, -0.1) is 0 Å². The Hall–Kier alpha value is -0.610. The average molecular weight is 246 g/mol. The van der Waals surface area contributed by atoms with Crippen LogP contribution in [0.1, 0.15) is 59.8 Å². The highest BCUT2D eigenvalue weighted by Crippen LogP contribution is 2.24. The van der Waals surface area contributed by atoms with E-state index in [1.807, 2.05) is 13.8 Å². The van der Waals surface area contributed by atoms with E-state index in [9.17, 15) is 9.90 Å². The second-order valence-electron chi connectivity index (χ2n) is 4.84. The molecular formula is C13H26O4. The summed E-state index contributed by atoms with van der Waals surface area (Å²) in [5.41, 5.74) is -1.17. The van der Waals surface area contributed by atoms with E-state index in [1.54, 1.807) is 0 Å². The SMILES string of the molecule is CCCCC(CC)(OOCCC(C)C)C(=O)O. The molecule has 17 heavy (non-hydrogen) atoms. The molecule has 0 heterocycles. The molecule has 1 unspecified atom stereocenters. The first-order valence-corrected chi connectivity index (χ1v) is 6.52. The molecule has 0 amide bonds. The molecule has 0 aliphatic carbocycles. The van der Waals surface area contributed by atoms with Gasteiger partial charge < -0.3 is 5.11 Å².